The Morgan fingerprint density at radius 1 is 1.52 bits per heavy atom. The lowest BCUT2D eigenvalue weighted by Gasteiger charge is -2.44. The van der Waals surface area contributed by atoms with Crippen LogP contribution in [0.3, 0.4) is 0 Å². The maximum absolute atomic E-state index is 11.2. The summed E-state index contributed by atoms with van der Waals surface area (Å²) in [5.74, 6) is -5.22. The minimum Gasteiger partial charge on any atom is -0.477 e. The van der Waals surface area contributed by atoms with E-state index in [4.69, 9.17) is 15.4 Å². The number of carbonyl (C=O) groups is 2. The van der Waals surface area contributed by atoms with Gasteiger partial charge in [-0.05, 0) is 5.53 Å². The van der Waals surface area contributed by atoms with Crippen LogP contribution in [-0.2, 0) is 14.3 Å². The predicted molar refractivity (Wildman–Crippen MR) is 71.7 cm³/mol. The highest BCUT2D eigenvalue weighted by atomic mass is 16.7. The molecule has 0 saturated carbocycles. The van der Waals surface area contributed by atoms with E-state index >= 15 is 0 Å². The second-order valence-corrected chi connectivity index (χ2v) is 5.14. The molecule has 0 aromatic rings. The van der Waals surface area contributed by atoms with Crippen molar-refractivity contribution in [3.63, 3.8) is 0 Å². The van der Waals surface area contributed by atoms with Crippen molar-refractivity contribution in [1.29, 1.82) is 0 Å². The van der Waals surface area contributed by atoms with Gasteiger partial charge in [-0.3, -0.25) is 4.79 Å². The van der Waals surface area contributed by atoms with Gasteiger partial charge in [-0.1, -0.05) is 5.11 Å². The van der Waals surface area contributed by atoms with Gasteiger partial charge in [0.15, 0.2) is 0 Å². The zero-order valence-electron chi connectivity index (χ0n) is 12.1. The molecule has 0 spiro atoms. The first-order chi connectivity index (χ1) is 10.6. The van der Waals surface area contributed by atoms with Crippen molar-refractivity contribution in [3.05, 3.63) is 10.4 Å². The number of ether oxygens (including phenoxy) is 1. The molecule has 130 valence electrons. The Labute approximate surface area is 129 Å². The topological polar surface area (TPSA) is 205 Å². The van der Waals surface area contributed by atoms with Gasteiger partial charge in [0.2, 0.25) is 5.91 Å². The molecular weight excluding hydrogens is 316 g/mol. The third-order valence-electron chi connectivity index (χ3n) is 3.35. The van der Waals surface area contributed by atoms with Crippen LogP contribution in [0.2, 0.25) is 0 Å². The highest BCUT2D eigenvalue weighted by Crippen LogP contribution is 2.30. The van der Waals surface area contributed by atoms with Crippen molar-refractivity contribution < 1.29 is 39.9 Å². The number of aliphatic hydroxyl groups is 4. The van der Waals surface area contributed by atoms with Crippen LogP contribution in [0.1, 0.15) is 13.3 Å². The molecule has 1 heterocycles. The predicted octanol–water partition coefficient (Wildman–Crippen LogP) is -2.55. The number of hydrogen-bond donors (Lipinski definition) is 6. The van der Waals surface area contributed by atoms with Crippen LogP contribution in [0, 0.1) is 0 Å². The Morgan fingerprint density at radius 3 is 2.61 bits per heavy atom. The Hall–Kier alpha value is -1.95. The first-order valence-corrected chi connectivity index (χ1v) is 6.58. The number of azide groups is 1. The molecule has 1 fully saturated rings. The molecule has 0 bridgehead atoms. The van der Waals surface area contributed by atoms with E-state index in [9.17, 15) is 30.0 Å². The van der Waals surface area contributed by atoms with Crippen LogP contribution in [0.25, 0.3) is 10.4 Å². The Morgan fingerprint density at radius 2 is 2.13 bits per heavy atom. The molecule has 0 aromatic carbocycles. The standard InChI is InChI=1S/C11H18N4O8/c1-4(16)14-7-5(17)2-11(22,10(20)21)23-9(7)8(19)6(18)3-13-15-12/h5-9,17-19,22H,2-3H2,1H3,(H,14,16)(H,20,21)/t5-,6-,7-,8-,9?,11+/m1/s1. The van der Waals surface area contributed by atoms with E-state index in [-0.39, 0.29) is 0 Å². The molecule has 1 amide bonds. The van der Waals surface area contributed by atoms with Gasteiger partial charge in [-0.25, -0.2) is 4.79 Å². The van der Waals surface area contributed by atoms with Crippen molar-refractivity contribution in [2.45, 2.75) is 49.6 Å². The molecule has 1 unspecified atom stereocenters. The number of nitrogens with zero attached hydrogens (tertiary/aromatic N) is 3. The SMILES string of the molecule is CC(=O)N[C@H]1C([C@H](O)[C@H](O)CN=[N+]=[N-])O[C@](O)(C(=O)O)C[C@H]1O. The average Bonchev–Trinajstić information content (AvgIpc) is 2.46. The molecule has 1 aliphatic heterocycles. The molecule has 12 nitrogen and oxygen atoms in total. The number of aliphatic hydroxyl groups excluding tert-OH is 3. The van der Waals surface area contributed by atoms with Crippen LogP contribution >= 0.6 is 0 Å². The summed E-state index contributed by atoms with van der Waals surface area (Å²) in [6.07, 6.45) is -7.51. The molecule has 12 heteroatoms. The van der Waals surface area contributed by atoms with Gasteiger partial charge in [-0.2, -0.15) is 0 Å². The van der Waals surface area contributed by atoms with Gasteiger partial charge in [0, 0.05) is 18.3 Å². The summed E-state index contributed by atoms with van der Waals surface area (Å²) in [5.41, 5.74) is 8.20. The molecule has 1 saturated heterocycles. The van der Waals surface area contributed by atoms with Crippen LogP contribution in [0.15, 0.2) is 5.11 Å². The summed E-state index contributed by atoms with van der Waals surface area (Å²) in [4.78, 5) is 24.7. The Bertz CT molecular complexity index is 510. The lowest BCUT2D eigenvalue weighted by Crippen LogP contribution is -2.67. The third kappa shape index (κ3) is 4.51. The highest BCUT2D eigenvalue weighted by Gasteiger charge is 2.53. The number of aliphatic carboxylic acids is 1. The van der Waals surface area contributed by atoms with E-state index in [2.05, 4.69) is 15.3 Å². The molecule has 6 atom stereocenters. The number of carboxylic acids is 1. The molecule has 0 aromatic heterocycles. The van der Waals surface area contributed by atoms with E-state index in [1.165, 1.54) is 0 Å². The summed E-state index contributed by atoms with van der Waals surface area (Å²) >= 11 is 0. The third-order valence-corrected chi connectivity index (χ3v) is 3.35. The van der Waals surface area contributed by atoms with Gasteiger partial charge in [0.05, 0.1) is 24.8 Å². The Kier molecular flexibility index (Phi) is 6.27. The molecule has 0 radical (unpaired) electrons. The minimum absolute atomic E-state index is 0.564. The molecule has 0 aliphatic carbocycles. The smallest absolute Gasteiger partial charge is 0.364 e. The molecule has 1 aliphatic rings. The summed E-state index contributed by atoms with van der Waals surface area (Å²) in [7, 11) is 0. The molecule has 6 N–H and O–H groups in total. The highest BCUT2D eigenvalue weighted by molar-refractivity contribution is 5.76. The van der Waals surface area contributed by atoms with Crippen LogP contribution in [-0.4, -0.2) is 80.2 Å². The second kappa shape index (κ2) is 7.55. The molecule has 1 rings (SSSR count). The number of carbonyl (C=O) groups excluding carboxylic acids is 1. The van der Waals surface area contributed by atoms with Crippen LogP contribution in [0.5, 0.6) is 0 Å². The summed E-state index contributed by atoms with van der Waals surface area (Å²) in [6.45, 7) is 0.552. The molecule has 23 heavy (non-hydrogen) atoms. The normalized spacial score (nSPS) is 33.2. The number of nitrogens with one attached hydrogen (secondary N) is 1. The first-order valence-electron chi connectivity index (χ1n) is 6.58. The fourth-order valence-electron chi connectivity index (χ4n) is 2.26. The maximum Gasteiger partial charge on any atom is 0.364 e. The quantitative estimate of drug-likeness (QED) is 0.173. The van der Waals surface area contributed by atoms with E-state index in [1.807, 2.05) is 0 Å². The first kappa shape index (κ1) is 19.1. The zero-order valence-corrected chi connectivity index (χ0v) is 12.1. The Balaban J connectivity index is 3.08. The summed E-state index contributed by atoms with van der Waals surface area (Å²) in [6, 6.07) is -1.29. The number of amides is 1. The van der Waals surface area contributed by atoms with Crippen LogP contribution < -0.4 is 5.32 Å². The number of carboxylic acid groups (broad SMARTS) is 1. The number of rotatable bonds is 6. The van der Waals surface area contributed by atoms with Crippen LogP contribution in [0.4, 0.5) is 0 Å². The zero-order chi connectivity index (χ0) is 17.8. The van der Waals surface area contributed by atoms with Gasteiger partial charge in [-0.15, -0.1) is 0 Å². The van der Waals surface area contributed by atoms with Crippen molar-refractivity contribution in [2.75, 3.05) is 6.54 Å². The van der Waals surface area contributed by atoms with E-state index < -0.39 is 61.1 Å². The maximum atomic E-state index is 11.2. The lowest BCUT2D eigenvalue weighted by atomic mass is 9.88. The van der Waals surface area contributed by atoms with Gasteiger partial charge < -0.3 is 35.6 Å². The fraction of sp³-hybridized carbons (Fsp3) is 0.818. The summed E-state index contributed by atoms with van der Waals surface area (Å²) in [5, 5.41) is 53.9. The van der Waals surface area contributed by atoms with Crippen molar-refractivity contribution in [2.24, 2.45) is 5.11 Å². The van der Waals surface area contributed by atoms with E-state index in [0.29, 0.717) is 0 Å². The van der Waals surface area contributed by atoms with Gasteiger partial charge >= 0.3 is 5.97 Å². The summed E-state index contributed by atoms with van der Waals surface area (Å²) < 4.78 is 4.92. The molecular formula is C11H18N4O8. The van der Waals surface area contributed by atoms with Crippen molar-refractivity contribution >= 4 is 11.9 Å². The van der Waals surface area contributed by atoms with Gasteiger partial charge in [0.25, 0.3) is 5.79 Å². The fourth-order valence-corrected chi connectivity index (χ4v) is 2.26. The minimum atomic E-state index is -2.81. The largest absolute Gasteiger partial charge is 0.477 e. The van der Waals surface area contributed by atoms with E-state index in [0.717, 1.165) is 6.92 Å². The van der Waals surface area contributed by atoms with Crippen molar-refractivity contribution in [3.8, 4) is 0 Å². The lowest BCUT2D eigenvalue weighted by molar-refractivity contribution is -0.294. The second-order valence-electron chi connectivity index (χ2n) is 5.14. The number of hydrogen-bond acceptors (Lipinski definition) is 8. The average molecular weight is 334 g/mol. The monoisotopic (exact) mass is 334 g/mol. The van der Waals surface area contributed by atoms with E-state index in [1.54, 1.807) is 0 Å². The van der Waals surface area contributed by atoms with Gasteiger partial charge in [0.1, 0.15) is 12.2 Å². The van der Waals surface area contributed by atoms with Crippen molar-refractivity contribution in [1.82, 2.24) is 5.32 Å².